The Balaban J connectivity index is 2.77. The molecule has 0 unspecified atom stereocenters. The zero-order chi connectivity index (χ0) is 12.1. The van der Waals surface area contributed by atoms with Crippen LogP contribution >= 0.6 is 0 Å². The normalized spacial score (nSPS) is 10.8. The van der Waals surface area contributed by atoms with Crippen LogP contribution in [0.4, 0.5) is 0 Å². The van der Waals surface area contributed by atoms with E-state index in [2.05, 4.69) is 26.0 Å². The van der Waals surface area contributed by atoms with Crippen LogP contribution in [0.15, 0.2) is 18.2 Å². The standard InChI is InChI=1S/C13H19NO2/c1-4-14(9-13(15)16)8-12-7-5-6-10(2)11(12)3/h5-7H,4,8-9H2,1-3H3,(H,15,16). The number of benzene rings is 1. The van der Waals surface area contributed by atoms with E-state index < -0.39 is 5.97 Å². The molecule has 1 aromatic rings. The van der Waals surface area contributed by atoms with Crippen LogP contribution in [-0.4, -0.2) is 29.1 Å². The Morgan fingerprint density at radius 3 is 2.62 bits per heavy atom. The van der Waals surface area contributed by atoms with Crippen molar-refractivity contribution in [1.29, 1.82) is 0 Å². The van der Waals surface area contributed by atoms with Gasteiger partial charge in [-0.3, -0.25) is 9.69 Å². The topological polar surface area (TPSA) is 40.5 Å². The summed E-state index contributed by atoms with van der Waals surface area (Å²) < 4.78 is 0. The molecule has 0 atom stereocenters. The lowest BCUT2D eigenvalue weighted by Crippen LogP contribution is -2.29. The molecule has 0 bridgehead atoms. The molecule has 0 spiro atoms. The molecule has 3 nitrogen and oxygen atoms in total. The van der Waals surface area contributed by atoms with Gasteiger partial charge in [0.25, 0.3) is 0 Å². The lowest BCUT2D eigenvalue weighted by atomic mass is 10.0. The zero-order valence-electron chi connectivity index (χ0n) is 10.2. The molecule has 0 heterocycles. The van der Waals surface area contributed by atoms with Crippen molar-refractivity contribution in [2.75, 3.05) is 13.1 Å². The van der Waals surface area contributed by atoms with E-state index in [1.54, 1.807) is 0 Å². The molecule has 0 radical (unpaired) electrons. The van der Waals surface area contributed by atoms with Gasteiger partial charge in [0.2, 0.25) is 0 Å². The number of aryl methyl sites for hydroxylation is 1. The number of rotatable bonds is 5. The van der Waals surface area contributed by atoms with Gasteiger partial charge in [0.15, 0.2) is 0 Å². The summed E-state index contributed by atoms with van der Waals surface area (Å²) in [5.74, 6) is -0.771. The molecule has 0 aliphatic rings. The van der Waals surface area contributed by atoms with E-state index in [9.17, 15) is 4.79 Å². The van der Waals surface area contributed by atoms with Crippen molar-refractivity contribution in [2.45, 2.75) is 27.3 Å². The highest BCUT2D eigenvalue weighted by atomic mass is 16.4. The van der Waals surface area contributed by atoms with Crippen LogP contribution in [-0.2, 0) is 11.3 Å². The molecule has 0 saturated carbocycles. The number of hydrogen-bond acceptors (Lipinski definition) is 2. The Kier molecular flexibility index (Phi) is 4.50. The van der Waals surface area contributed by atoms with Crippen LogP contribution in [0.2, 0.25) is 0 Å². The molecule has 0 amide bonds. The molecule has 0 aromatic heterocycles. The lowest BCUT2D eigenvalue weighted by molar-refractivity contribution is -0.138. The Morgan fingerprint density at radius 1 is 1.38 bits per heavy atom. The third-order valence-electron chi connectivity index (χ3n) is 2.92. The third kappa shape index (κ3) is 3.35. The molecule has 0 saturated heterocycles. The van der Waals surface area contributed by atoms with Crippen LogP contribution in [0.25, 0.3) is 0 Å². The maximum atomic E-state index is 10.7. The Morgan fingerprint density at radius 2 is 2.06 bits per heavy atom. The number of nitrogens with zero attached hydrogens (tertiary/aromatic N) is 1. The van der Waals surface area contributed by atoms with E-state index in [4.69, 9.17) is 5.11 Å². The van der Waals surface area contributed by atoms with Crippen LogP contribution < -0.4 is 0 Å². The van der Waals surface area contributed by atoms with Crippen LogP contribution in [0.1, 0.15) is 23.6 Å². The summed E-state index contributed by atoms with van der Waals surface area (Å²) in [5.41, 5.74) is 3.72. The van der Waals surface area contributed by atoms with Crippen molar-refractivity contribution in [2.24, 2.45) is 0 Å². The SMILES string of the molecule is CCN(CC(=O)O)Cc1cccc(C)c1C. The van der Waals surface area contributed by atoms with Crippen LogP contribution in [0.5, 0.6) is 0 Å². The summed E-state index contributed by atoms with van der Waals surface area (Å²) >= 11 is 0. The predicted molar refractivity (Wildman–Crippen MR) is 64.5 cm³/mol. The summed E-state index contributed by atoms with van der Waals surface area (Å²) in [5, 5.41) is 8.78. The smallest absolute Gasteiger partial charge is 0.317 e. The molecular weight excluding hydrogens is 202 g/mol. The molecule has 88 valence electrons. The van der Waals surface area contributed by atoms with Gasteiger partial charge in [-0.15, -0.1) is 0 Å². The summed E-state index contributed by atoms with van der Waals surface area (Å²) in [6.45, 7) is 7.69. The predicted octanol–water partition coefficient (Wildman–Crippen LogP) is 2.21. The minimum absolute atomic E-state index is 0.101. The van der Waals surface area contributed by atoms with E-state index in [1.165, 1.54) is 16.7 Å². The monoisotopic (exact) mass is 221 g/mol. The van der Waals surface area contributed by atoms with Gasteiger partial charge in [0.05, 0.1) is 6.54 Å². The van der Waals surface area contributed by atoms with Crippen molar-refractivity contribution in [1.82, 2.24) is 4.90 Å². The van der Waals surface area contributed by atoms with Gasteiger partial charge >= 0.3 is 5.97 Å². The summed E-state index contributed by atoms with van der Waals surface area (Å²) in [6, 6.07) is 6.16. The summed E-state index contributed by atoms with van der Waals surface area (Å²) in [6.07, 6.45) is 0. The van der Waals surface area contributed by atoms with E-state index >= 15 is 0 Å². The second-order valence-electron chi connectivity index (χ2n) is 4.06. The van der Waals surface area contributed by atoms with Crippen molar-refractivity contribution >= 4 is 5.97 Å². The Hall–Kier alpha value is -1.35. The number of likely N-dealkylation sites (N-methyl/N-ethyl adjacent to an activating group) is 1. The van der Waals surface area contributed by atoms with Crippen molar-refractivity contribution in [3.8, 4) is 0 Å². The van der Waals surface area contributed by atoms with Crippen LogP contribution in [0.3, 0.4) is 0 Å². The average Bonchev–Trinajstić information content (AvgIpc) is 2.23. The first-order valence-electron chi connectivity index (χ1n) is 5.53. The van der Waals surface area contributed by atoms with Gasteiger partial charge in [-0.25, -0.2) is 0 Å². The van der Waals surface area contributed by atoms with Gasteiger partial charge in [-0.05, 0) is 37.1 Å². The van der Waals surface area contributed by atoms with Gasteiger partial charge < -0.3 is 5.11 Å². The highest BCUT2D eigenvalue weighted by molar-refractivity contribution is 5.69. The van der Waals surface area contributed by atoms with E-state index in [1.807, 2.05) is 17.9 Å². The maximum absolute atomic E-state index is 10.7. The van der Waals surface area contributed by atoms with E-state index in [0.717, 1.165) is 6.54 Å². The molecule has 16 heavy (non-hydrogen) atoms. The maximum Gasteiger partial charge on any atom is 0.317 e. The number of carboxylic acids is 1. The van der Waals surface area contributed by atoms with Gasteiger partial charge in [-0.1, -0.05) is 25.1 Å². The number of hydrogen-bond donors (Lipinski definition) is 1. The second kappa shape index (κ2) is 5.66. The van der Waals surface area contributed by atoms with Crippen molar-refractivity contribution in [3.63, 3.8) is 0 Å². The molecule has 0 fully saturated rings. The minimum Gasteiger partial charge on any atom is -0.480 e. The van der Waals surface area contributed by atoms with E-state index in [0.29, 0.717) is 6.54 Å². The van der Waals surface area contributed by atoms with Crippen molar-refractivity contribution in [3.05, 3.63) is 34.9 Å². The molecule has 1 rings (SSSR count). The van der Waals surface area contributed by atoms with Crippen molar-refractivity contribution < 1.29 is 9.90 Å². The Labute approximate surface area is 96.7 Å². The molecule has 3 heteroatoms. The highest BCUT2D eigenvalue weighted by Gasteiger charge is 2.09. The van der Waals surface area contributed by atoms with E-state index in [-0.39, 0.29) is 6.54 Å². The fourth-order valence-electron chi connectivity index (χ4n) is 1.69. The fraction of sp³-hybridized carbons (Fsp3) is 0.462. The van der Waals surface area contributed by atoms with Crippen LogP contribution in [0, 0.1) is 13.8 Å². The first-order valence-corrected chi connectivity index (χ1v) is 5.53. The summed E-state index contributed by atoms with van der Waals surface area (Å²) in [4.78, 5) is 12.6. The number of carbonyl (C=O) groups is 1. The molecule has 1 N–H and O–H groups in total. The first-order chi connectivity index (χ1) is 7.54. The fourth-order valence-corrected chi connectivity index (χ4v) is 1.69. The third-order valence-corrected chi connectivity index (χ3v) is 2.92. The van der Waals surface area contributed by atoms with Gasteiger partial charge in [0, 0.05) is 6.54 Å². The van der Waals surface area contributed by atoms with Gasteiger partial charge in [-0.2, -0.15) is 0 Å². The lowest BCUT2D eigenvalue weighted by Gasteiger charge is -2.19. The molecule has 1 aromatic carbocycles. The average molecular weight is 221 g/mol. The number of aliphatic carboxylic acids is 1. The minimum atomic E-state index is -0.771. The Bertz CT molecular complexity index is 374. The second-order valence-corrected chi connectivity index (χ2v) is 4.06. The molecule has 0 aliphatic carbocycles. The summed E-state index contributed by atoms with van der Waals surface area (Å²) in [7, 11) is 0. The van der Waals surface area contributed by atoms with Gasteiger partial charge in [0.1, 0.15) is 0 Å². The first kappa shape index (κ1) is 12.7. The molecular formula is C13H19NO2. The highest BCUT2D eigenvalue weighted by Crippen LogP contribution is 2.14. The molecule has 0 aliphatic heterocycles. The largest absolute Gasteiger partial charge is 0.480 e. The number of carboxylic acid groups (broad SMARTS) is 1. The quantitative estimate of drug-likeness (QED) is 0.828. The zero-order valence-corrected chi connectivity index (χ0v) is 10.2.